The standard InChI is InChI=1S/C13H18ClN3O/c1-9-7-16-4-5-17(9)8-11-3-2-10(13(15)18)6-12(11)14/h2-3,6,9,16H,4-5,7-8H2,1H3,(H2,15,18)/t9-/m1/s1. The lowest BCUT2D eigenvalue weighted by molar-refractivity contribution is 0.1000. The van der Waals surface area contributed by atoms with Crippen molar-refractivity contribution < 1.29 is 4.79 Å². The fourth-order valence-corrected chi connectivity index (χ4v) is 2.41. The van der Waals surface area contributed by atoms with Crippen LogP contribution in [0.5, 0.6) is 0 Å². The van der Waals surface area contributed by atoms with Gasteiger partial charge in [0.2, 0.25) is 5.91 Å². The molecule has 0 spiro atoms. The van der Waals surface area contributed by atoms with Gasteiger partial charge in [-0.05, 0) is 24.6 Å². The van der Waals surface area contributed by atoms with Crippen LogP contribution in [0.15, 0.2) is 18.2 Å². The highest BCUT2D eigenvalue weighted by atomic mass is 35.5. The molecule has 3 N–H and O–H groups in total. The minimum Gasteiger partial charge on any atom is -0.366 e. The Morgan fingerprint density at radius 3 is 3.00 bits per heavy atom. The van der Waals surface area contributed by atoms with Crippen molar-refractivity contribution in [3.05, 3.63) is 34.3 Å². The molecule has 1 amide bonds. The van der Waals surface area contributed by atoms with E-state index < -0.39 is 5.91 Å². The van der Waals surface area contributed by atoms with Crippen LogP contribution in [-0.4, -0.2) is 36.5 Å². The zero-order valence-electron chi connectivity index (χ0n) is 10.4. The van der Waals surface area contributed by atoms with Crippen LogP contribution in [0.25, 0.3) is 0 Å². The van der Waals surface area contributed by atoms with Crippen molar-refractivity contribution in [2.45, 2.75) is 19.5 Å². The Hall–Kier alpha value is -1.10. The van der Waals surface area contributed by atoms with Crippen LogP contribution in [0.4, 0.5) is 0 Å². The van der Waals surface area contributed by atoms with Gasteiger partial charge in [-0.3, -0.25) is 9.69 Å². The number of hydrogen-bond acceptors (Lipinski definition) is 3. The van der Waals surface area contributed by atoms with Gasteiger partial charge in [-0.1, -0.05) is 17.7 Å². The first-order chi connectivity index (χ1) is 8.58. The average Bonchev–Trinajstić information content (AvgIpc) is 2.34. The van der Waals surface area contributed by atoms with Crippen molar-refractivity contribution in [3.63, 3.8) is 0 Å². The molecule has 1 fully saturated rings. The minimum absolute atomic E-state index is 0.445. The smallest absolute Gasteiger partial charge is 0.248 e. The quantitative estimate of drug-likeness (QED) is 0.866. The van der Waals surface area contributed by atoms with Crippen molar-refractivity contribution in [2.75, 3.05) is 19.6 Å². The van der Waals surface area contributed by atoms with Gasteiger partial charge in [-0.15, -0.1) is 0 Å². The Morgan fingerprint density at radius 2 is 2.39 bits per heavy atom. The van der Waals surface area contributed by atoms with Gasteiger partial charge < -0.3 is 11.1 Å². The largest absolute Gasteiger partial charge is 0.366 e. The number of benzene rings is 1. The SMILES string of the molecule is C[C@@H]1CNCCN1Cc1ccc(C(N)=O)cc1Cl. The lowest BCUT2D eigenvalue weighted by atomic mass is 10.1. The number of amides is 1. The van der Waals surface area contributed by atoms with Crippen molar-refractivity contribution >= 4 is 17.5 Å². The number of nitrogens with one attached hydrogen (secondary N) is 1. The molecule has 18 heavy (non-hydrogen) atoms. The third kappa shape index (κ3) is 3.02. The molecule has 2 rings (SSSR count). The van der Waals surface area contributed by atoms with E-state index >= 15 is 0 Å². The van der Waals surface area contributed by atoms with E-state index in [0.717, 1.165) is 31.7 Å². The number of nitrogens with zero attached hydrogens (tertiary/aromatic N) is 1. The molecule has 1 aromatic carbocycles. The fraction of sp³-hybridized carbons (Fsp3) is 0.462. The molecule has 4 nitrogen and oxygen atoms in total. The molecule has 0 radical (unpaired) electrons. The third-order valence-electron chi connectivity index (χ3n) is 3.35. The molecule has 0 bridgehead atoms. The second-order valence-corrected chi connectivity index (χ2v) is 5.10. The number of piperazine rings is 1. The zero-order chi connectivity index (χ0) is 13.1. The van der Waals surface area contributed by atoms with E-state index in [1.165, 1.54) is 0 Å². The number of hydrogen-bond donors (Lipinski definition) is 2. The van der Waals surface area contributed by atoms with Gasteiger partial charge in [0.05, 0.1) is 0 Å². The second-order valence-electron chi connectivity index (χ2n) is 4.69. The maximum atomic E-state index is 11.1. The first-order valence-corrected chi connectivity index (χ1v) is 6.48. The van der Waals surface area contributed by atoms with Gasteiger partial charge in [-0.25, -0.2) is 0 Å². The molecule has 0 aliphatic carbocycles. The first kappa shape index (κ1) is 13.3. The predicted molar refractivity (Wildman–Crippen MR) is 72.7 cm³/mol. The summed E-state index contributed by atoms with van der Waals surface area (Å²) in [4.78, 5) is 13.4. The van der Waals surface area contributed by atoms with Gasteiger partial charge in [0.15, 0.2) is 0 Å². The van der Waals surface area contributed by atoms with Crippen LogP contribution in [0.2, 0.25) is 5.02 Å². The maximum absolute atomic E-state index is 11.1. The van der Waals surface area contributed by atoms with Gasteiger partial charge in [0.25, 0.3) is 0 Å². The normalized spacial score (nSPS) is 20.9. The zero-order valence-corrected chi connectivity index (χ0v) is 11.2. The van der Waals surface area contributed by atoms with Gasteiger partial charge in [0.1, 0.15) is 0 Å². The van der Waals surface area contributed by atoms with Crippen molar-refractivity contribution in [1.82, 2.24) is 10.2 Å². The van der Waals surface area contributed by atoms with Crippen LogP contribution in [-0.2, 0) is 6.54 Å². The summed E-state index contributed by atoms with van der Waals surface area (Å²) in [5, 5.41) is 3.96. The molecule has 1 aliphatic rings. The van der Waals surface area contributed by atoms with Gasteiger partial charge >= 0.3 is 0 Å². The van der Waals surface area contributed by atoms with E-state index in [1.807, 2.05) is 6.07 Å². The average molecular weight is 268 g/mol. The Balaban J connectivity index is 2.11. The summed E-state index contributed by atoms with van der Waals surface area (Å²) in [5.41, 5.74) is 6.72. The lowest BCUT2D eigenvalue weighted by Crippen LogP contribution is -2.49. The summed E-state index contributed by atoms with van der Waals surface area (Å²) in [7, 11) is 0. The lowest BCUT2D eigenvalue weighted by Gasteiger charge is -2.34. The Morgan fingerprint density at radius 1 is 1.61 bits per heavy atom. The molecule has 1 heterocycles. The highest BCUT2D eigenvalue weighted by Gasteiger charge is 2.18. The van der Waals surface area contributed by atoms with Crippen molar-refractivity contribution in [2.24, 2.45) is 5.73 Å². The Bertz CT molecular complexity index is 450. The molecule has 1 aliphatic heterocycles. The van der Waals surface area contributed by atoms with Crippen molar-refractivity contribution in [3.8, 4) is 0 Å². The monoisotopic (exact) mass is 267 g/mol. The van der Waals surface area contributed by atoms with Crippen LogP contribution >= 0.6 is 11.6 Å². The highest BCUT2D eigenvalue weighted by Crippen LogP contribution is 2.20. The van der Waals surface area contributed by atoms with E-state index in [1.54, 1.807) is 12.1 Å². The number of carbonyl (C=O) groups is 1. The first-order valence-electron chi connectivity index (χ1n) is 6.11. The van der Waals surface area contributed by atoms with E-state index in [9.17, 15) is 4.79 Å². The summed E-state index contributed by atoms with van der Waals surface area (Å²) in [6, 6.07) is 5.75. The predicted octanol–water partition coefficient (Wildman–Crippen LogP) is 1.23. The molecular weight excluding hydrogens is 250 g/mol. The maximum Gasteiger partial charge on any atom is 0.248 e. The summed E-state index contributed by atoms with van der Waals surface area (Å²) < 4.78 is 0. The third-order valence-corrected chi connectivity index (χ3v) is 3.70. The molecular formula is C13H18ClN3O. The molecule has 98 valence electrons. The van der Waals surface area contributed by atoms with Crippen LogP contribution in [0.1, 0.15) is 22.8 Å². The highest BCUT2D eigenvalue weighted by molar-refractivity contribution is 6.31. The van der Waals surface area contributed by atoms with E-state index in [0.29, 0.717) is 16.6 Å². The number of primary amides is 1. The molecule has 1 saturated heterocycles. The molecule has 1 aromatic rings. The van der Waals surface area contributed by atoms with Gasteiger partial charge in [0, 0.05) is 42.8 Å². The van der Waals surface area contributed by atoms with Gasteiger partial charge in [-0.2, -0.15) is 0 Å². The molecule has 1 atom stereocenters. The molecule has 5 heteroatoms. The topological polar surface area (TPSA) is 58.4 Å². The number of halogens is 1. The summed E-state index contributed by atoms with van der Waals surface area (Å²) >= 11 is 6.19. The van der Waals surface area contributed by atoms with Crippen LogP contribution in [0, 0.1) is 0 Å². The number of nitrogens with two attached hydrogens (primary N) is 1. The summed E-state index contributed by atoms with van der Waals surface area (Å²) in [5.74, 6) is -0.445. The summed E-state index contributed by atoms with van der Waals surface area (Å²) in [6.45, 7) is 6.01. The Labute approximate surface area is 112 Å². The van der Waals surface area contributed by atoms with E-state index in [-0.39, 0.29) is 0 Å². The van der Waals surface area contributed by atoms with E-state index in [2.05, 4.69) is 17.1 Å². The van der Waals surface area contributed by atoms with Crippen LogP contribution < -0.4 is 11.1 Å². The molecule has 0 saturated carbocycles. The van der Waals surface area contributed by atoms with E-state index in [4.69, 9.17) is 17.3 Å². The van der Waals surface area contributed by atoms with Crippen molar-refractivity contribution in [1.29, 1.82) is 0 Å². The number of carbonyl (C=O) groups excluding carboxylic acids is 1. The molecule has 0 unspecified atom stereocenters. The number of rotatable bonds is 3. The fourth-order valence-electron chi connectivity index (χ4n) is 2.17. The minimum atomic E-state index is -0.445. The van der Waals surface area contributed by atoms with Crippen LogP contribution in [0.3, 0.4) is 0 Å². The Kier molecular flexibility index (Phi) is 4.22. The summed E-state index contributed by atoms with van der Waals surface area (Å²) in [6.07, 6.45) is 0. The molecule has 0 aromatic heterocycles. The second kappa shape index (κ2) is 5.69.